The van der Waals surface area contributed by atoms with E-state index in [9.17, 15) is 4.79 Å². The summed E-state index contributed by atoms with van der Waals surface area (Å²) in [4.78, 5) is 18.1. The minimum atomic E-state index is -0.741. The number of carbonyl (C=O) groups is 1. The Bertz CT molecular complexity index is 577. The zero-order chi connectivity index (χ0) is 13.8. The van der Waals surface area contributed by atoms with Gasteiger partial charge in [0.1, 0.15) is 5.82 Å². The summed E-state index contributed by atoms with van der Waals surface area (Å²) in [5.74, 6) is 0.161. The molecule has 0 spiro atoms. The fourth-order valence-electron chi connectivity index (χ4n) is 2.31. The molecule has 3 N–H and O–H groups in total. The molecule has 5 heteroatoms. The second kappa shape index (κ2) is 5.84. The highest BCUT2D eigenvalue weighted by Gasteiger charge is 2.11. The molecule has 5 nitrogen and oxygen atoms in total. The molecule has 1 heterocycles. The number of nitrogens with zero attached hydrogens (tertiary/aromatic N) is 1. The quantitative estimate of drug-likeness (QED) is 0.746. The third-order valence-corrected chi connectivity index (χ3v) is 3.26. The number of H-pyrrole nitrogens is 1. The van der Waals surface area contributed by atoms with E-state index in [-0.39, 0.29) is 12.5 Å². The molecule has 1 aromatic heterocycles. The van der Waals surface area contributed by atoms with Crippen LogP contribution in [0.4, 0.5) is 0 Å². The van der Waals surface area contributed by atoms with E-state index in [2.05, 4.69) is 21.4 Å². The fourth-order valence-corrected chi connectivity index (χ4v) is 2.31. The lowest BCUT2D eigenvalue weighted by atomic mass is 10.0. The van der Waals surface area contributed by atoms with Gasteiger partial charge in [-0.3, -0.25) is 4.79 Å². The van der Waals surface area contributed by atoms with E-state index in [1.807, 2.05) is 26.1 Å². The molecule has 0 saturated heterocycles. The van der Waals surface area contributed by atoms with Gasteiger partial charge in [0, 0.05) is 12.5 Å². The Morgan fingerprint density at radius 2 is 2.32 bits per heavy atom. The molecule has 0 aliphatic rings. The minimum Gasteiger partial charge on any atom is -0.481 e. The van der Waals surface area contributed by atoms with Crippen molar-refractivity contribution in [2.75, 3.05) is 7.05 Å². The molecule has 102 valence electrons. The molecule has 1 aromatic carbocycles. The molecule has 2 rings (SSSR count). The van der Waals surface area contributed by atoms with Crippen molar-refractivity contribution in [2.45, 2.75) is 32.2 Å². The van der Waals surface area contributed by atoms with Crippen LogP contribution in [-0.4, -0.2) is 28.1 Å². The Balaban J connectivity index is 2.13. The van der Waals surface area contributed by atoms with Crippen molar-refractivity contribution in [2.24, 2.45) is 0 Å². The summed E-state index contributed by atoms with van der Waals surface area (Å²) in [6, 6.07) is 6.30. The van der Waals surface area contributed by atoms with Gasteiger partial charge in [-0.05, 0) is 44.5 Å². The number of fused-ring (bicyclic) bond motifs is 1. The number of aromatic amines is 1. The number of hydrogen-bond donors (Lipinski definition) is 3. The van der Waals surface area contributed by atoms with E-state index < -0.39 is 5.97 Å². The molecular formula is C14H19N3O2. The minimum absolute atomic E-state index is 0.173. The number of carboxylic acid groups (broad SMARTS) is 1. The largest absolute Gasteiger partial charge is 0.481 e. The van der Waals surface area contributed by atoms with Gasteiger partial charge in [-0.2, -0.15) is 0 Å². The molecule has 1 unspecified atom stereocenters. The van der Waals surface area contributed by atoms with Gasteiger partial charge < -0.3 is 15.4 Å². The van der Waals surface area contributed by atoms with E-state index in [4.69, 9.17) is 5.11 Å². The standard InChI is InChI=1S/C14H19N3O2/c1-9-16-12-7-6-10(8-13(12)17-9)11(15-2)4-3-5-14(18)19/h6-8,11,15H,3-5H2,1-2H3,(H,16,17)(H,18,19). The molecule has 19 heavy (non-hydrogen) atoms. The summed E-state index contributed by atoms with van der Waals surface area (Å²) in [6.07, 6.45) is 1.69. The maximum absolute atomic E-state index is 10.5. The third-order valence-electron chi connectivity index (χ3n) is 3.26. The molecular weight excluding hydrogens is 242 g/mol. The van der Waals surface area contributed by atoms with E-state index in [1.54, 1.807) is 0 Å². The smallest absolute Gasteiger partial charge is 0.303 e. The molecule has 2 aromatic rings. The van der Waals surface area contributed by atoms with Crippen molar-refractivity contribution in [3.8, 4) is 0 Å². The van der Waals surface area contributed by atoms with Crippen LogP contribution in [0.5, 0.6) is 0 Å². The van der Waals surface area contributed by atoms with Crippen LogP contribution in [0.2, 0.25) is 0 Å². The van der Waals surface area contributed by atoms with Crippen molar-refractivity contribution in [3.63, 3.8) is 0 Å². The van der Waals surface area contributed by atoms with Crippen LogP contribution in [0.25, 0.3) is 11.0 Å². The molecule has 0 aliphatic heterocycles. The number of rotatable bonds is 6. The van der Waals surface area contributed by atoms with Gasteiger partial charge in [0.2, 0.25) is 0 Å². The van der Waals surface area contributed by atoms with Crippen molar-refractivity contribution in [1.29, 1.82) is 0 Å². The summed E-state index contributed by atoms with van der Waals surface area (Å²) in [5, 5.41) is 11.9. The van der Waals surface area contributed by atoms with Gasteiger partial charge in [-0.25, -0.2) is 4.98 Å². The number of aliphatic carboxylic acids is 1. The van der Waals surface area contributed by atoms with Gasteiger partial charge in [0.05, 0.1) is 11.0 Å². The normalized spacial score (nSPS) is 12.7. The number of hydrogen-bond acceptors (Lipinski definition) is 3. The molecule has 0 saturated carbocycles. The summed E-state index contributed by atoms with van der Waals surface area (Å²) < 4.78 is 0. The monoisotopic (exact) mass is 261 g/mol. The number of nitrogens with one attached hydrogen (secondary N) is 2. The average Bonchev–Trinajstić information content (AvgIpc) is 2.73. The highest BCUT2D eigenvalue weighted by atomic mass is 16.4. The van der Waals surface area contributed by atoms with Gasteiger partial charge >= 0.3 is 5.97 Å². The zero-order valence-corrected chi connectivity index (χ0v) is 11.2. The van der Waals surface area contributed by atoms with Gasteiger partial charge in [-0.15, -0.1) is 0 Å². The van der Waals surface area contributed by atoms with Gasteiger partial charge in [-0.1, -0.05) is 6.07 Å². The highest BCUT2D eigenvalue weighted by molar-refractivity contribution is 5.76. The third kappa shape index (κ3) is 3.32. The number of imidazole rings is 1. The predicted molar refractivity (Wildman–Crippen MR) is 74.1 cm³/mol. The maximum atomic E-state index is 10.5. The number of aromatic nitrogens is 2. The second-order valence-corrected chi connectivity index (χ2v) is 4.73. The lowest BCUT2D eigenvalue weighted by Crippen LogP contribution is -2.16. The maximum Gasteiger partial charge on any atom is 0.303 e. The summed E-state index contributed by atoms with van der Waals surface area (Å²) in [5.41, 5.74) is 3.14. The SMILES string of the molecule is CNC(CCCC(=O)O)c1ccc2nc(C)[nH]c2c1. The lowest BCUT2D eigenvalue weighted by Gasteiger charge is -2.16. The molecule has 1 atom stereocenters. The van der Waals surface area contributed by atoms with Crippen LogP contribution in [0.15, 0.2) is 18.2 Å². The van der Waals surface area contributed by atoms with Crippen molar-refractivity contribution in [3.05, 3.63) is 29.6 Å². The van der Waals surface area contributed by atoms with Crippen molar-refractivity contribution in [1.82, 2.24) is 15.3 Å². The second-order valence-electron chi connectivity index (χ2n) is 4.73. The van der Waals surface area contributed by atoms with Crippen LogP contribution < -0.4 is 5.32 Å². The molecule has 0 radical (unpaired) electrons. The summed E-state index contributed by atoms with van der Waals surface area (Å²) >= 11 is 0. The Morgan fingerprint density at radius 1 is 1.53 bits per heavy atom. The van der Waals surface area contributed by atoms with Crippen LogP contribution in [0, 0.1) is 6.92 Å². The zero-order valence-electron chi connectivity index (χ0n) is 11.2. The average molecular weight is 261 g/mol. The fraction of sp³-hybridized carbons (Fsp3) is 0.429. The van der Waals surface area contributed by atoms with Crippen LogP contribution in [0.1, 0.15) is 36.7 Å². The number of carboxylic acids is 1. The first kappa shape index (κ1) is 13.5. The Hall–Kier alpha value is -1.88. The first-order valence-corrected chi connectivity index (χ1v) is 6.45. The molecule has 0 fully saturated rings. The van der Waals surface area contributed by atoms with E-state index in [1.165, 1.54) is 0 Å². The lowest BCUT2D eigenvalue weighted by molar-refractivity contribution is -0.137. The van der Waals surface area contributed by atoms with Crippen LogP contribution in [-0.2, 0) is 4.79 Å². The summed E-state index contributed by atoms with van der Waals surface area (Å²) in [7, 11) is 1.90. The Labute approximate surface area is 112 Å². The predicted octanol–water partition coefficient (Wildman–Crippen LogP) is 2.39. The topological polar surface area (TPSA) is 78.0 Å². The summed E-state index contributed by atoms with van der Waals surface area (Å²) in [6.45, 7) is 1.93. The van der Waals surface area contributed by atoms with Crippen molar-refractivity contribution >= 4 is 17.0 Å². The van der Waals surface area contributed by atoms with Crippen LogP contribution >= 0.6 is 0 Å². The van der Waals surface area contributed by atoms with Gasteiger partial charge in [0.15, 0.2) is 0 Å². The highest BCUT2D eigenvalue weighted by Crippen LogP contribution is 2.22. The van der Waals surface area contributed by atoms with E-state index in [0.29, 0.717) is 6.42 Å². The molecule has 0 aliphatic carbocycles. The molecule has 0 amide bonds. The first-order chi connectivity index (χ1) is 9.10. The van der Waals surface area contributed by atoms with Crippen LogP contribution in [0.3, 0.4) is 0 Å². The van der Waals surface area contributed by atoms with E-state index >= 15 is 0 Å². The number of benzene rings is 1. The van der Waals surface area contributed by atoms with Gasteiger partial charge in [0.25, 0.3) is 0 Å². The Morgan fingerprint density at radius 3 is 3.00 bits per heavy atom. The Kier molecular flexibility index (Phi) is 4.16. The van der Waals surface area contributed by atoms with E-state index in [0.717, 1.165) is 28.8 Å². The molecule has 0 bridgehead atoms. The first-order valence-electron chi connectivity index (χ1n) is 6.45. The number of aryl methyl sites for hydroxylation is 1. The van der Waals surface area contributed by atoms with Crippen molar-refractivity contribution < 1.29 is 9.90 Å².